The van der Waals surface area contributed by atoms with Crippen LogP contribution in [0.25, 0.3) is 11.2 Å². The van der Waals surface area contributed by atoms with Crippen molar-refractivity contribution in [3.8, 4) is 0 Å². The van der Waals surface area contributed by atoms with Crippen LogP contribution in [0.3, 0.4) is 0 Å². The van der Waals surface area contributed by atoms with E-state index in [1.807, 2.05) is 0 Å². The molecule has 168 valence electrons. The van der Waals surface area contributed by atoms with Gasteiger partial charge in [-0.1, -0.05) is 0 Å². The fraction of sp³-hybridized carbons (Fsp3) is 0.364. The fourth-order valence-corrected chi connectivity index (χ4v) is 3.89. The summed E-state index contributed by atoms with van der Waals surface area (Å²) in [7, 11) is 3.29. The summed E-state index contributed by atoms with van der Waals surface area (Å²) in [6, 6.07) is 9.68. The first-order valence-electron chi connectivity index (χ1n) is 10.4. The van der Waals surface area contributed by atoms with E-state index in [0.29, 0.717) is 43.2 Å². The van der Waals surface area contributed by atoms with E-state index in [1.165, 1.54) is 21.3 Å². The summed E-state index contributed by atoms with van der Waals surface area (Å²) in [5.41, 5.74) is 1.88. The molecule has 0 aliphatic carbocycles. The second-order valence-corrected chi connectivity index (χ2v) is 7.83. The Morgan fingerprint density at radius 1 is 0.969 bits per heavy atom. The number of fused-ring (bicyclic) bond motifs is 1. The first-order valence-corrected chi connectivity index (χ1v) is 10.4. The average Bonchev–Trinajstić information content (AvgIpc) is 3.02. The predicted molar refractivity (Wildman–Crippen MR) is 119 cm³/mol. The van der Waals surface area contributed by atoms with Crippen molar-refractivity contribution in [3.63, 3.8) is 0 Å². The Balaban J connectivity index is 1.27. The fourth-order valence-electron chi connectivity index (χ4n) is 3.89. The van der Waals surface area contributed by atoms with Crippen molar-refractivity contribution in [2.45, 2.75) is 12.8 Å². The van der Waals surface area contributed by atoms with Gasteiger partial charge in [-0.2, -0.15) is 0 Å². The molecule has 2 aromatic heterocycles. The Morgan fingerprint density at radius 2 is 1.66 bits per heavy atom. The SMILES string of the molecule is Cn1c(=O)n(C)c2nc(NC(=O)CCC(=O)N3CCN(c4ccc(F)cc4)CC3)ccc21. The summed E-state index contributed by atoms with van der Waals surface area (Å²) < 4.78 is 16.0. The molecule has 0 saturated carbocycles. The molecular formula is C22H25FN6O3. The minimum absolute atomic E-state index is 0.0461. The minimum Gasteiger partial charge on any atom is -0.368 e. The second-order valence-electron chi connectivity index (χ2n) is 7.83. The van der Waals surface area contributed by atoms with Crippen molar-refractivity contribution < 1.29 is 14.0 Å². The van der Waals surface area contributed by atoms with Gasteiger partial charge in [0.05, 0.1) is 5.52 Å². The van der Waals surface area contributed by atoms with Gasteiger partial charge in [-0.05, 0) is 36.4 Å². The Labute approximate surface area is 184 Å². The summed E-state index contributed by atoms with van der Waals surface area (Å²) in [4.78, 5) is 45.0. The highest BCUT2D eigenvalue weighted by molar-refractivity contribution is 5.93. The van der Waals surface area contributed by atoms with Gasteiger partial charge in [0.25, 0.3) is 0 Å². The number of benzene rings is 1. The van der Waals surface area contributed by atoms with E-state index in [9.17, 15) is 18.8 Å². The van der Waals surface area contributed by atoms with Crippen LogP contribution in [-0.2, 0) is 23.7 Å². The molecule has 1 aliphatic rings. The smallest absolute Gasteiger partial charge is 0.329 e. The van der Waals surface area contributed by atoms with Gasteiger partial charge in [-0.3, -0.25) is 18.7 Å². The van der Waals surface area contributed by atoms with Gasteiger partial charge < -0.3 is 15.1 Å². The molecule has 3 heterocycles. The molecule has 2 amide bonds. The number of pyridine rings is 1. The molecule has 1 saturated heterocycles. The van der Waals surface area contributed by atoms with E-state index in [1.54, 1.807) is 43.3 Å². The summed E-state index contributed by atoms with van der Waals surface area (Å²) in [5.74, 6) is -0.323. The van der Waals surface area contributed by atoms with E-state index in [2.05, 4.69) is 15.2 Å². The number of amides is 2. The maximum Gasteiger partial charge on any atom is 0.329 e. The van der Waals surface area contributed by atoms with Crippen molar-refractivity contribution in [1.29, 1.82) is 0 Å². The third-order valence-corrected chi connectivity index (χ3v) is 5.77. The zero-order valence-corrected chi connectivity index (χ0v) is 18.0. The van der Waals surface area contributed by atoms with Gasteiger partial charge in [-0.25, -0.2) is 14.2 Å². The summed E-state index contributed by atoms with van der Waals surface area (Å²) >= 11 is 0. The molecule has 9 nitrogen and oxygen atoms in total. The summed E-state index contributed by atoms with van der Waals surface area (Å²) in [6.07, 6.45) is 0.152. The number of carbonyl (C=O) groups excluding carboxylic acids is 2. The molecule has 1 aromatic carbocycles. The van der Waals surface area contributed by atoms with Crippen LogP contribution in [0.15, 0.2) is 41.2 Å². The molecule has 0 radical (unpaired) electrons. The quantitative estimate of drug-likeness (QED) is 0.649. The lowest BCUT2D eigenvalue weighted by atomic mass is 10.2. The number of halogens is 1. The van der Waals surface area contributed by atoms with Gasteiger partial charge in [0.1, 0.15) is 11.6 Å². The first-order chi connectivity index (χ1) is 15.3. The van der Waals surface area contributed by atoms with E-state index >= 15 is 0 Å². The third-order valence-electron chi connectivity index (χ3n) is 5.77. The number of nitrogens with one attached hydrogen (secondary N) is 1. The molecule has 1 fully saturated rings. The molecule has 0 bridgehead atoms. The molecule has 4 rings (SSSR count). The van der Waals surface area contributed by atoms with E-state index in [0.717, 1.165) is 5.69 Å². The topological polar surface area (TPSA) is 92.5 Å². The number of hydrogen-bond donors (Lipinski definition) is 1. The molecular weight excluding hydrogens is 415 g/mol. The summed E-state index contributed by atoms with van der Waals surface area (Å²) in [6.45, 7) is 2.42. The number of aryl methyl sites for hydroxylation is 2. The number of hydrogen-bond acceptors (Lipinski definition) is 5. The molecule has 0 spiro atoms. The maximum absolute atomic E-state index is 13.1. The lowest BCUT2D eigenvalue weighted by molar-refractivity contribution is -0.133. The number of aromatic nitrogens is 3. The zero-order chi connectivity index (χ0) is 22.8. The van der Waals surface area contributed by atoms with Crippen LogP contribution in [0.4, 0.5) is 15.9 Å². The molecule has 0 atom stereocenters. The molecule has 1 aliphatic heterocycles. The van der Waals surface area contributed by atoms with E-state index in [-0.39, 0.29) is 36.2 Å². The van der Waals surface area contributed by atoms with Gasteiger partial charge in [0.2, 0.25) is 11.8 Å². The van der Waals surface area contributed by atoms with Gasteiger partial charge in [-0.15, -0.1) is 0 Å². The van der Waals surface area contributed by atoms with Crippen molar-refractivity contribution in [3.05, 3.63) is 52.7 Å². The number of imidazole rings is 1. The lowest BCUT2D eigenvalue weighted by Gasteiger charge is -2.36. The molecule has 32 heavy (non-hydrogen) atoms. The van der Waals surface area contributed by atoms with Gasteiger partial charge in [0.15, 0.2) is 5.65 Å². The van der Waals surface area contributed by atoms with E-state index in [4.69, 9.17) is 0 Å². The van der Waals surface area contributed by atoms with Crippen LogP contribution in [0.1, 0.15) is 12.8 Å². The van der Waals surface area contributed by atoms with Gasteiger partial charge >= 0.3 is 5.69 Å². The molecule has 3 aromatic rings. The predicted octanol–water partition coefficient (Wildman–Crippen LogP) is 1.48. The number of anilines is 2. The number of rotatable bonds is 5. The highest BCUT2D eigenvalue weighted by Gasteiger charge is 2.22. The highest BCUT2D eigenvalue weighted by atomic mass is 19.1. The Bertz CT molecular complexity index is 1210. The second kappa shape index (κ2) is 8.81. The molecule has 1 N–H and O–H groups in total. The van der Waals surface area contributed by atoms with Crippen molar-refractivity contribution in [2.24, 2.45) is 14.1 Å². The number of nitrogens with zero attached hydrogens (tertiary/aromatic N) is 5. The highest BCUT2D eigenvalue weighted by Crippen LogP contribution is 2.18. The minimum atomic E-state index is -0.309. The van der Waals surface area contributed by atoms with Crippen molar-refractivity contribution in [1.82, 2.24) is 19.0 Å². The van der Waals surface area contributed by atoms with Crippen molar-refractivity contribution in [2.75, 3.05) is 36.4 Å². The normalized spacial score (nSPS) is 14.1. The van der Waals surface area contributed by atoms with Crippen LogP contribution < -0.4 is 15.9 Å². The Kier molecular flexibility index (Phi) is 5.93. The number of piperazine rings is 1. The van der Waals surface area contributed by atoms with Crippen LogP contribution in [0.2, 0.25) is 0 Å². The van der Waals surface area contributed by atoms with Crippen LogP contribution in [0.5, 0.6) is 0 Å². The first kappa shape index (κ1) is 21.5. The van der Waals surface area contributed by atoms with Gasteiger partial charge in [0, 0.05) is 58.8 Å². The summed E-state index contributed by atoms with van der Waals surface area (Å²) in [5, 5.41) is 2.70. The van der Waals surface area contributed by atoms with Crippen LogP contribution in [0, 0.1) is 5.82 Å². The van der Waals surface area contributed by atoms with Crippen molar-refractivity contribution >= 4 is 34.5 Å². The standard InChI is InChI=1S/C22H25FN6O3/c1-26-17-7-8-18(25-21(17)27(2)22(26)32)24-19(30)9-10-20(31)29-13-11-28(12-14-29)16-5-3-15(23)4-6-16/h3-8H,9-14H2,1-2H3,(H,24,25,30). The third kappa shape index (κ3) is 4.34. The maximum atomic E-state index is 13.1. The lowest BCUT2D eigenvalue weighted by Crippen LogP contribution is -2.48. The zero-order valence-electron chi connectivity index (χ0n) is 18.0. The largest absolute Gasteiger partial charge is 0.368 e. The van der Waals surface area contributed by atoms with Crippen LogP contribution >= 0.6 is 0 Å². The molecule has 0 unspecified atom stereocenters. The van der Waals surface area contributed by atoms with Crippen LogP contribution in [-0.4, -0.2) is 57.0 Å². The number of carbonyl (C=O) groups is 2. The molecule has 10 heteroatoms. The van der Waals surface area contributed by atoms with E-state index < -0.39 is 0 Å². The average molecular weight is 440 g/mol. The Morgan fingerprint density at radius 3 is 2.34 bits per heavy atom. The monoisotopic (exact) mass is 440 g/mol. The Hall–Kier alpha value is -3.69.